The fourth-order valence-corrected chi connectivity index (χ4v) is 2.44. The van der Waals surface area contributed by atoms with Gasteiger partial charge in [0, 0.05) is 19.2 Å². The second-order valence-electron chi connectivity index (χ2n) is 6.96. The standard InChI is InChI=1S/C17H25N3O4/c1-12-6-5-8-18-13(12)10-19-14(21)17(7-9-23-11-17)20-15(22)24-16(2,3)4/h5-6,8H,7,9-11H2,1-4H3,(H,19,21)(H,20,22). The maximum atomic E-state index is 12.7. The molecule has 0 spiro atoms. The van der Waals surface area contributed by atoms with E-state index in [4.69, 9.17) is 9.47 Å². The van der Waals surface area contributed by atoms with Crippen LogP contribution < -0.4 is 10.6 Å². The van der Waals surface area contributed by atoms with Crippen molar-refractivity contribution in [1.82, 2.24) is 15.6 Å². The predicted octanol–water partition coefficient (Wildman–Crippen LogP) is 1.69. The van der Waals surface area contributed by atoms with E-state index in [0.29, 0.717) is 19.6 Å². The van der Waals surface area contributed by atoms with Crippen LogP contribution in [0.25, 0.3) is 0 Å². The third-order valence-electron chi connectivity index (χ3n) is 3.73. The molecule has 0 radical (unpaired) electrons. The Morgan fingerprint density at radius 2 is 2.17 bits per heavy atom. The van der Waals surface area contributed by atoms with Crippen LogP contribution in [0.2, 0.25) is 0 Å². The van der Waals surface area contributed by atoms with Gasteiger partial charge in [-0.1, -0.05) is 6.07 Å². The van der Waals surface area contributed by atoms with Gasteiger partial charge >= 0.3 is 6.09 Å². The number of nitrogens with one attached hydrogen (secondary N) is 2. The van der Waals surface area contributed by atoms with Crippen molar-refractivity contribution >= 4 is 12.0 Å². The van der Waals surface area contributed by atoms with E-state index < -0.39 is 17.2 Å². The van der Waals surface area contributed by atoms with Crippen molar-refractivity contribution in [1.29, 1.82) is 0 Å². The summed E-state index contributed by atoms with van der Waals surface area (Å²) in [5.74, 6) is -0.295. The van der Waals surface area contributed by atoms with Crippen LogP contribution >= 0.6 is 0 Å². The third-order valence-corrected chi connectivity index (χ3v) is 3.73. The Labute approximate surface area is 142 Å². The number of aryl methyl sites for hydroxylation is 1. The quantitative estimate of drug-likeness (QED) is 0.874. The smallest absolute Gasteiger partial charge is 0.408 e. The summed E-state index contributed by atoms with van der Waals surface area (Å²) in [5.41, 5.74) is 0.0453. The van der Waals surface area contributed by atoms with Gasteiger partial charge in [0.1, 0.15) is 11.1 Å². The van der Waals surface area contributed by atoms with E-state index in [0.717, 1.165) is 11.3 Å². The van der Waals surface area contributed by atoms with Gasteiger partial charge in [-0.3, -0.25) is 9.78 Å². The summed E-state index contributed by atoms with van der Waals surface area (Å²) in [6.07, 6.45) is 1.46. The zero-order valence-electron chi connectivity index (χ0n) is 14.6. The number of amides is 2. The molecule has 0 aliphatic carbocycles. The molecule has 1 unspecified atom stereocenters. The molecule has 24 heavy (non-hydrogen) atoms. The van der Waals surface area contributed by atoms with Crippen LogP contribution in [0, 0.1) is 6.92 Å². The third kappa shape index (κ3) is 4.67. The van der Waals surface area contributed by atoms with Gasteiger partial charge in [0.15, 0.2) is 0 Å². The summed E-state index contributed by atoms with van der Waals surface area (Å²) in [6.45, 7) is 8.08. The second-order valence-corrected chi connectivity index (χ2v) is 6.96. The first-order valence-corrected chi connectivity index (χ1v) is 8.00. The highest BCUT2D eigenvalue weighted by Gasteiger charge is 2.44. The zero-order chi connectivity index (χ0) is 17.8. The van der Waals surface area contributed by atoms with Crippen LogP contribution in [0.1, 0.15) is 38.4 Å². The summed E-state index contributed by atoms with van der Waals surface area (Å²) in [6, 6.07) is 3.78. The summed E-state index contributed by atoms with van der Waals surface area (Å²) >= 11 is 0. The van der Waals surface area contributed by atoms with Crippen LogP contribution in [-0.4, -0.2) is 41.3 Å². The molecule has 7 nitrogen and oxygen atoms in total. The van der Waals surface area contributed by atoms with E-state index >= 15 is 0 Å². The van der Waals surface area contributed by atoms with Crippen LogP contribution in [0.4, 0.5) is 4.79 Å². The lowest BCUT2D eigenvalue weighted by Crippen LogP contribution is -2.60. The lowest BCUT2D eigenvalue weighted by molar-refractivity contribution is -0.128. The molecule has 2 amide bonds. The number of pyridine rings is 1. The summed E-state index contributed by atoms with van der Waals surface area (Å²) in [7, 11) is 0. The average Bonchev–Trinajstić information content (AvgIpc) is 2.93. The second kappa shape index (κ2) is 7.17. The minimum atomic E-state index is -1.11. The van der Waals surface area contributed by atoms with Gasteiger partial charge in [-0.2, -0.15) is 0 Å². The molecule has 132 valence electrons. The maximum Gasteiger partial charge on any atom is 0.408 e. The highest BCUT2D eigenvalue weighted by Crippen LogP contribution is 2.20. The van der Waals surface area contributed by atoms with Crippen molar-refractivity contribution in [2.45, 2.75) is 51.8 Å². The lowest BCUT2D eigenvalue weighted by Gasteiger charge is -2.29. The Balaban J connectivity index is 2.02. The number of alkyl carbamates (subject to hydrolysis) is 1. The summed E-state index contributed by atoms with van der Waals surface area (Å²) in [5, 5.41) is 5.52. The summed E-state index contributed by atoms with van der Waals surface area (Å²) < 4.78 is 10.6. The molecular weight excluding hydrogens is 310 g/mol. The number of carbonyl (C=O) groups is 2. The number of nitrogens with zero attached hydrogens (tertiary/aromatic N) is 1. The predicted molar refractivity (Wildman–Crippen MR) is 88.4 cm³/mol. The molecule has 7 heteroatoms. The van der Waals surface area contributed by atoms with Gasteiger partial charge in [-0.05, 0) is 39.3 Å². The largest absolute Gasteiger partial charge is 0.444 e. The van der Waals surface area contributed by atoms with Gasteiger partial charge < -0.3 is 20.1 Å². The number of ether oxygens (including phenoxy) is 2. The monoisotopic (exact) mass is 335 g/mol. The number of hydrogen-bond acceptors (Lipinski definition) is 5. The maximum absolute atomic E-state index is 12.7. The minimum absolute atomic E-state index is 0.124. The van der Waals surface area contributed by atoms with Crippen LogP contribution in [0.5, 0.6) is 0 Å². The molecular formula is C17H25N3O4. The van der Waals surface area contributed by atoms with Crippen molar-refractivity contribution in [3.63, 3.8) is 0 Å². The average molecular weight is 335 g/mol. The number of hydrogen-bond donors (Lipinski definition) is 2. The van der Waals surface area contributed by atoms with Crippen LogP contribution in [-0.2, 0) is 20.8 Å². The van der Waals surface area contributed by atoms with Crippen molar-refractivity contribution < 1.29 is 19.1 Å². The molecule has 2 heterocycles. The molecule has 1 aliphatic heterocycles. The Morgan fingerprint density at radius 1 is 1.42 bits per heavy atom. The lowest BCUT2D eigenvalue weighted by atomic mass is 9.97. The van der Waals surface area contributed by atoms with E-state index in [2.05, 4.69) is 15.6 Å². The minimum Gasteiger partial charge on any atom is -0.444 e. The molecule has 0 saturated carbocycles. The fourth-order valence-electron chi connectivity index (χ4n) is 2.44. The first-order valence-electron chi connectivity index (χ1n) is 8.00. The molecule has 2 N–H and O–H groups in total. The molecule has 1 aliphatic rings. The highest BCUT2D eigenvalue weighted by atomic mass is 16.6. The molecule has 2 rings (SSSR count). The van der Waals surface area contributed by atoms with E-state index in [-0.39, 0.29) is 12.5 Å². The number of aromatic nitrogens is 1. The molecule has 0 aromatic carbocycles. The topological polar surface area (TPSA) is 89.6 Å². The van der Waals surface area contributed by atoms with E-state index in [1.54, 1.807) is 27.0 Å². The summed E-state index contributed by atoms with van der Waals surface area (Å²) in [4.78, 5) is 29.0. The molecule has 1 fully saturated rings. The van der Waals surface area contributed by atoms with E-state index in [1.807, 2.05) is 19.1 Å². The Bertz CT molecular complexity index is 604. The van der Waals surface area contributed by atoms with Crippen LogP contribution in [0.15, 0.2) is 18.3 Å². The Hall–Kier alpha value is -2.15. The first kappa shape index (κ1) is 18.2. The Morgan fingerprint density at radius 3 is 2.75 bits per heavy atom. The van der Waals surface area contributed by atoms with Gasteiger partial charge in [0.2, 0.25) is 5.91 Å². The van der Waals surface area contributed by atoms with Crippen LogP contribution in [0.3, 0.4) is 0 Å². The highest BCUT2D eigenvalue weighted by molar-refractivity contribution is 5.90. The van der Waals surface area contributed by atoms with Crippen molar-refractivity contribution in [2.75, 3.05) is 13.2 Å². The fraction of sp³-hybridized carbons (Fsp3) is 0.588. The van der Waals surface area contributed by atoms with Crippen molar-refractivity contribution in [3.8, 4) is 0 Å². The van der Waals surface area contributed by atoms with E-state index in [9.17, 15) is 9.59 Å². The molecule has 1 aromatic heterocycles. The van der Waals surface area contributed by atoms with Crippen molar-refractivity contribution in [2.24, 2.45) is 0 Å². The zero-order valence-corrected chi connectivity index (χ0v) is 14.6. The molecule has 1 saturated heterocycles. The SMILES string of the molecule is Cc1cccnc1CNC(=O)C1(NC(=O)OC(C)(C)C)CCOC1. The molecule has 1 atom stereocenters. The molecule has 0 bridgehead atoms. The normalized spacial score (nSPS) is 20.5. The number of rotatable bonds is 4. The van der Waals surface area contributed by atoms with Gasteiger partial charge in [-0.15, -0.1) is 0 Å². The van der Waals surface area contributed by atoms with E-state index in [1.165, 1.54) is 0 Å². The van der Waals surface area contributed by atoms with Gasteiger partial charge in [-0.25, -0.2) is 4.79 Å². The first-order chi connectivity index (χ1) is 11.2. The van der Waals surface area contributed by atoms with Crippen molar-refractivity contribution in [3.05, 3.63) is 29.6 Å². The molecule has 1 aromatic rings. The van der Waals surface area contributed by atoms with Gasteiger partial charge in [0.05, 0.1) is 18.8 Å². The number of carbonyl (C=O) groups excluding carboxylic acids is 2. The Kier molecular flexibility index (Phi) is 5.43. The van der Waals surface area contributed by atoms with Gasteiger partial charge in [0.25, 0.3) is 0 Å².